The number of hydrogen-bond donors (Lipinski definition) is 0. The number of nitrogens with zero attached hydrogens (tertiary/aromatic N) is 3. The molecule has 3 heterocycles. The molecule has 0 aliphatic carbocycles. The molecule has 0 aliphatic rings. The lowest BCUT2D eigenvalue weighted by Gasteiger charge is -2.11. The molecule has 0 fully saturated rings. The third kappa shape index (κ3) is 5.11. The summed E-state index contributed by atoms with van der Waals surface area (Å²) in [5, 5.41) is 3.33. The molecule has 0 saturated carbocycles. The van der Waals surface area contributed by atoms with Gasteiger partial charge >= 0.3 is 0 Å². The van der Waals surface area contributed by atoms with Gasteiger partial charge in [-0.15, -0.1) is 0 Å². The second-order valence-electron chi connectivity index (χ2n) is 11.2. The van der Waals surface area contributed by atoms with E-state index in [1.807, 2.05) is 26.0 Å². The second kappa shape index (κ2) is 10.8. The van der Waals surface area contributed by atoms with Crippen LogP contribution in [0.2, 0.25) is 0 Å². The van der Waals surface area contributed by atoms with Crippen molar-refractivity contribution in [1.29, 1.82) is 0 Å². The van der Waals surface area contributed by atoms with Crippen LogP contribution < -0.4 is 0 Å². The van der Waals surface area contributed by atoms with Crippen molar-refractivity contribution < 1.29 is 0 Å². The average Bonchev–Trinajstić information content (AvgIpc) is 3.04. The number of benzene rings is 4. The normalized spacial score (nSPS) is 11.6. The smallest absolute Gasteiger partial charge is 0.0972 e. The zero-order chi connectivity index (χ0) is 29.5. The van der Waals surface area contributed by atoms with Gasteiger partial charge in [0.05, 0.1) is 27.9 Å². The quantitative estimate of drug-likeness (QED) is 0.157. The van der Waals surface area contributed by atoms with E-state index in [-0.39, 0.29) is 0 Å². The number of hydrogen-bond acceptors (Lipinski definition) is 3. The van der Waals surface area contributed by atoms with E-state index in [1.165, 1.54) is 5.56 Å². The van der Waals surface area contributed by atoms with E-state index < -0.39 is 0 Å². The molecule has 0 aliphatic heterocycles. The molecule has 0 unspecified atom stereocenters. The summed E-state index contributed by atoms with van der Waals surface area (Å²) in [5.74, 6) is 0. The molecule has 4 aromatic carbocycles. The number of rotatable bonds is 5. The van der Waals surface area contributed by atoms with E-state index >= 15 is 0 Å². The number of pyridine rings is 3. The van der Waals surface area contributed by atoms with Gasteiger partial charge in [0.15, 0.2) is 0 Å². The van der Waals surface area contributed by atoms with Gasteiger partial charge in [0, 0.05) is 33.0 Å². The van der Waals surface area contributed by atoms with E-state index in [0.29, 0.717) is 0 Å². The zero-order valence-electron chi connectivity index (χ0n) is 24.6. The lowest BCUT2D eigenvalue weighted by atomic mass is 9.98. The first-order valence-electron chi connectivity index (χ1n) is 14.6. The van der Waals surface area contributed by atoms with E-state index in [0.717, 1.165) is 83.2 Å². The maximum absolute atomic E-state index is 5.12. The Morgan fingerprint density at radius 1 is 0.558 bits per heavy atom. The van der Waals surface area contributed by atoms with Crippen LogP contribution in [0.25, 0.3) is 72.4 Å². The molecule has 3 nitrogen and oxygen atoms in total. The minimum absolute atomic E-state index is 0.932. The van der Waals surface area contributed by atoms with Crippen molar-refractivity contribution in [2.75, 3.05) is 0 Å². The van der Waals surface area contributed by atoms with E-state index in [1.54, 1.807) is 0 Å². The third-order valence-electron chi connectivity index (χ3n) is 8.01. The zero-order valence-corrected chi connectivity index (χ0v) is 24.6. The second-order valence-corrected chi connectivity index (χ2v) is 11.2. The molecule has 7 rings (SSSR count). The Bertz CT molecular complexity index is 2240. The Balaban J connectivity index is 1.26. The van der Waals surface area contributed by atoms with E-state index in [2.05, 4.69) is 123 Å². The van der Waals surface area contributed by atoms with Crippen molar-refractivity contribution in [3.63, 3.8) is 0 Å². The van der Waals surface area contributed by atoms with Crippen LogP contribution >= 0.6 is 0 Å². The first-order valence-corrected chi connectivity index (χ1v) is 14.6. The number of fused-ring (bicyclic) bond motifs is 4. The molecule has 206 valence electrons. The number of aryl methyl sites for hydroxylation is 2. The first-order chi connectivity index (χ1) is 20.9. The lowest BCUT2D eigenvalue weighted by molar-refractivity contribution is 1.25. The monoisotopic (exact) mass is 553 g/mol. The summed E-state index contributed by atoms with van der Waals surface area (Å²) >= 11 is 0. The van der Waals surface area contributed by atoms with Gasteiger partial charge in [0.1, 0.15) is 0 Å². The summed E-state index contributed by atoms with van der Waals surface area (Å²) in [4.78, 5) is 15.0. The Labute approximate surface area is 251 Å². The molecule has 0 saturated heterocycles. The fraction of sp³-hybridized carbons (Fsp3) is 0.0750. The topological polar surface area (TPSA) is 38.7 Å². The van der Waals surface area contributed by atoms with Crippen molar-refractivity contribution in [2.24, 2.45) is 0 Å². The standard InChI is InChI=1S/C40H31N3/c1-25(2)11-13-28-15-16-29-19-21-36(42-38(29)27(28)4)34-9-5-7-32(23-34)33-8-6-10-35(24-33)37-22-20-31-18-17-30-14-12-26(3)41-39(30)40(31)43-37/h5-24H,1H2,2-4H3/b13-11-. The molecular weight excluding hydrogens is 522 g/mol. The molecule has 43 heavy (non-hydrogen) atoms. The van der Waals surface area contributed by atoms with Crippen LogP contribution in [0.3, 0.4) is 0 Å². The Kier molecular flexibility index (Phi) is 6.64. The summed E-state index contributed by atoms with van der Waals surface area (Å²) in [6, 6.07) is 38.4. The van der Waals surface area contributed by atoms with Crippen LogP contribution in [-0.4, -0.2) is 15.0 Å². The maximum Gasteiger partial charge on any atom is 0.0972 e. The molecule has 3 aromatic heterocycles. The Hall–Kier alpha value is -5.41. The minimum Gasteiger partial charge on any atom is -0.251 e. The van der Waals surface area contributed by atoms with Gasteiger partial charge in [0.25, 0.3) is 0 Å². The molecule has 3 heteroatoms. The fourth-order valence-corrected chi connectivity index (χ4v) is 5.66. The lowest BCUT2D eigenvalue weighted by Crippen LogP contribution is -1.91. The molecule has 0 atom stereocenters. The van der Waals surface area contributed by atoms with Crippen LogP contribution in [0.15, 0.2) is 127 Å². The largest absolute Gasteiger partial charge is 0.251 e. The predicted molar refractivity (Wildman–Crippen MR) is 182 cm³/mol. The molecule has 0 N–H and O–H groups in total. The van der Waals surface area contributed by atoms with Crippen molar-refractivity contribution in [3.8, 4) is 33.6 Å². The number of aromatic nitrogens is 3. The number of allylic oxidation sites excluding steroid dienone is 2. The fourth-order valence-electron chi connectivity index (χ4n) is 5.66. The summed E-state index contributed by atoms with van der Waals surface area (Å²) in [6.07, 6.45) is 4.16. The first kappa shape index (κ1) is 26.5. The van der Waals surface area contributed by atoms with Gasteiger partial charge in [-0.2, -0.15) is 0 Å². The SMILES string of the molecule is C=C(C)/C=C\c1ccc2ccc(-c3cccc(-c4cccc(-c5ccc6ccc7ccc(C)nc7c6n5)c4)c3)nc2c1C. The average molecular weight is 554 g/mol. The molecule has 7 aromatic rings. The molecule has 0 bridgehead atoms. The van der Waals surface area contributed by atoms with Crippen LogP contribution in [-0.2, 0) is 0 Å². The van der Waals surface area contributed by atoms with E-state index in [9.17, 15) is 0 Å². The van der Waals surface area contributed by atoms with Crippen molar-refractivity contribution in [1.82, 2.24) is 15.0 Å². The van der Waals surface area contributed by atoms with Gasteiger partial charge in [-0.05, 0) is 73.4 Å². The van der Waals surface area contributed by atoms with Crippen LogP contribution in [0.5, 0.6) is 0 Å². The van der Waals surface area contributed by atoms with Gasteiger partial charge in [-0.25, -0.2) is 9.97 Å². The molecular formula is C40H31N3. The highest BCUT2D eigenvalue weighted by Gasteiger charge is 2.10. The summed E-state index contributed by atoms with van der Waals surface area (Å²) in [7, 11) is 0. The predicted octanol–water partition coefficient (Wildman–Crippen LogP) is 10.5. The van der Waals surface area contributed by atoms with E-state index in [4.69, 9.17) is 15.0 Å². The Morgan fingerprint density at radius 3 is 1.67 bits per heavy atom. The highest BCUT2D eigenvalue weighted by molar-refractivity contribution is 6.03. The highest BCUT2D eigenvalue weighted by Crippen LogP contribution is 2.32. The molecule has 0 radical (unpaired) electrons. The maximum atomic E-state index is 5.12. The minimum atomic E-state index is 0.932. The highest BCUT2D eigenvalue weighted by atomic mass is 14.8. The van der Waals surface area contributed by atoms with Crippen LogP contribution in [0, 0.1) is 13.8 Å². The van der Waals surface area contributed by atoms with Gasteiger partial charge in [-0.3, -0.25) is 4.98 Å². The molecule has 0 amide bonds. The van der Waals surface area contributed by atoms with Crippen molar-refractivity contribution in [3.05, 3.63) is 144 Å². The Morgan fingerprint density at radius 2 is 1.05 bits per heavy atom. The van der Waals surface area contributed by atoms with Gasteiger partial charge in [-0.1, -0.05) is 103 Å². The van der Waals surface area contributed by atoms with Crippen LogP contribution in [0.4, 0.5) is 0 Å². The van der Waals surface area contributed by atoms with Gasteiger partial charge in [0.2, 0.25) is 0 Å². The van der Waals surface area contributed by atoms with Crippen LogP contribution in [0.1, 0.15) is 23.7 Å². The third-order valence-corrected chi connectivity index (χ3v) is 8.01. The summed E-state index contributed by atoms with van der Waals surface area (Å²) in [6.45, 7) is 10.2. The summed E-state index contributed by atoms with van der Waals surface area (Å²) in [5.41, 5.74) is 13.6. The summed E-state index contributed by atoms with van der Waals surface area (Å²) < 4.78 is 0. The molecule has 0 spiro atoms. The van der Waals surface area contributed by atoms with Gasteiger partial charge < -0.3 is 0 Å². The van der Waals surface area contributed by atoms with Crippen molar-refractivity contribution >= 4 is 38.8 Å². The van der Waals surface area contributed by atoms with Crippen molar-refractivity contribution in [2.45, 2.75) is 20.8 Å².